The third-order valence-corrected chi connectivity index (χ3v) is 4.56. The first kappa shape index (κ1) is 15.2. The molecular weight excluding hydrogens is 320 g/mol. The number of thiazole rings is 1. The van der Waals surface area contributed by atoms with Crippen LogP contribution in [0.1, 0.15) is 20.8 Å². The second-order valence-electron chi connectivity index (χ2n) is 4.87. The predicted octanol–water partition coefficient (Wildman–Crippen LogP) is 0.761. The predicted molar refractivity (Wildman–Crippen MR) is 84.2 cm³/mol. The number of aliphatic hydroxyl groups is 1. The van der Waals surface area contributed by atoms with E-state index in [1.165, 1.54) is 6.20 Å². The van der Waals surface area contributed by atoms with Crippen LogP contribution in [-0.4, -0.2) is 25.2 Å². The summed E-state index contributed by atoms with van der Waals surface area (Å²) in [7, 11) is 0. The van der Waals surface area contributed by atoms with Crippen LogP contribution in [0.3, 0.4) is 0 Å². The van der Waals surface area contributed by atoms with E-state index in [1.807, 2.05) is 6.07 Å². The summed E-state index contributed by atoms with van der Waals surface area (Å²) in [5, 5.41) is 18.5. The Morgan fingerprint density at radius 2 is 1.87 bits per heavy atom. The molecule has 0 spiro atoms. The number of benzene rings is 1. The van der Waals surface area contributed by atoms with Gasteiger partial charge in [0.05, 0.1) is 18.7 Å². The molecule has 0 fully saturated rings. The molecule has 0 aliphatic carbocycles. The van der Waals surface area contributed by atoms with E-state index in [0.29, 0.717) is 0 Å². The minimum Gasteiger partial charge on any atom is -0.477 e. The van der Waals surface area contributed by atoms with Gasteiger partial charge in [-0.2, -0.15) is 0 Å². The Morgan fingerprint density at radius 1 is 1.17 bits per heavy atom. The van der Waals surface area contributed by atoms with Crippen LogP contribution in [0.15, 0.2) is 46.1 Å². The van der Waals surface area contributed by atoms with Gasteiger partial charge in [-0.05, 0) is 5.56 Å². The monoisotopic (exact) mass is 332 g/mol. The maximum atomic E-state index is 12.5. The number of carboxylic acid groups (broad SMARTS) is 1. The molecule has 2 heterocycles. The molecule has 0 saturated carbocycles. The lowest BCUT2D eigenvalue weighted by Crippen LogP contribution is -2.39. The highest BCUT2D eigenvalue weighted by atomic mass is 32.1. The SMILES string of the molecule is O=C(O)c1cn2c(=O)n(Cc3ccccc3)c(=O)c(CO)c2s1. The molecule has 0 bridgehead atoms. The van der Waals surface area contributed by atoms with Crippen LogP contribution in [0.4, 0.5) is 0 Å². The molecule has 3 aromatic rings. The quantitative estimate of drug-likeness (QED) is 0.734. The lowest BCUT2D eigenvalue weighted by atomic mass is 10.2. The van der Waals surface area contributed by atoms with Crippen molar-refractivity contribution < 1.29 is 15.0 Å². The molecule has 0 radical (unpaired) electrons. The van der Waals surface area contributed by atoms with Crippen LogP contribution in [0.5, 0.6) is 0 Å². The summed E-state index contributed by atoms with van der Waals surface area (Å²) in [6.45, 7) is -0.524. The average molecular weight is 332 g/mol. The van der Waals surface area contributed by atoms with E-state index in [2.05, 4.69) is 0 Å². The highest BCUT2D eigenvalue weighted by Crippen LogP contribution is 2.18. The maximum Gasteiger partial charge on any atom is 0.347 e. The number of aromatic nitrogens is 2. The number of carboxylic acids is 1. The van der Waals surface area contributed by atoms with Crippen LogP contribution in [0.25, 0.3) is 4.83 Å². The van der Waals surface area contributed by atoms with Crippen molar-refractivity contribution in [2.45, 2.75) is 13.2 Å². The molecule has 0 aliphatic rings. The standard InChI is InChI=1S/C15H12N2O5S/c18-8-10-12(19)16(6-9-4-2-1-3-5-9)15(22)17-7-11(14(20)21)23-13(10)17/h1-5,7,18H,6,8H2,(H,20,21). The molecule has 0 unspecified atom stereocenters. The molecule has 2 aromatic heterocycles. The van der Waals surface area contributed by atoms with Gasteiger partial charge in [0.25, 0.3) is 5.56 Å². The summed E-state index contributed by atoms with van der Waals surface area (Å²) < 4.78 is 2.09. The maximum absolute atomic E-state index is 12.5. The smallest absolute Gasteiger partial charge is 0.347 e. The summed E-state index contributed by atoms with van der Waals surface area (Å²) in [4.78, 5) is 36.2. The third-order valence-electron chi connectivity index (χ3n) is 3.42. The normalized spacial score (nSPS) is 11.0. The van der Waals surface area contributed by atoms with Gasteiger partial charge in [-0.3, -0.25) is 13.8 Å². The summed E-state index contributed by atoms with van der Waals surface area (Å²) in [6.07, 6.45) is 1.17. The molecule has 2 N–H and O–H groups in total. The van der Waals surface area contributed by atoms with E-state index in [-0.39, 0.29) is 21.8 Å². The van der Waals surface area contributed by atoms with Gasteiger partial charge in [-0.15, -0.1) is 11.3 Å². The van der Waals surface area contributed by atoms with E-state index < -0.39 is 23.8 Å². The molecule has 7 nitrogen and oxygen atoms in total. The first-order chi connectivity index (χ1) is 11.0. The molecule has 118 valence electrons. The molecule has 0 amide bonds. The molecule has 23 heavy (non-hydrogen) atoms. The number of aromatic carboxylic acids is 1. The highest BCUT2D eigenvalue weighted by molar-refractivity contribution is 7.19. The van der Waals surface area contributed by atoms with Gasteiger partial charge < -0.3 is 10.2 Å². The Morgan fingerprint density at radius 3 is 2.48 bits per heavy atom. The van der Waals surface area contributed by atoms with E-state index in [1.54, 1.807) is 24.3 Å². The second-order valence-corrected chi connectivity index (χ2v) is 5.90. The average Bonchev–Trinajstić information content (AvgIpc) is 2.98. The first-order valence-electron chi connectivity index (χ1n) is 6.69. The van der Waals surface area contributed by atoms with Crippen molar-refractivity contribution in [3.8, 4) is 0 Å². The summed E-state index contributed by atoms with van der Waals surface area (Å²) in [5.74, 6) is -1.19. The van der Waals surface area contributed by atoms with Crippen molar-refractivity contribution in [3.63, 3.8) is 0 Å². The topological polar surface area (TPSA) is 101 Å². The fourth-order valence-corrected chi connectivity index (χ4v) is 3.27. The molecule has 1 aromatic carbocycles. The lowest BCUT2D eigenvalue weighted by Gasteiger charge is -2.08. The van der Waals surface area contributed by atoms with E-state index in [0.717, 1.165) is 25.9 Å². The van der Waals surface area contributed by atoms with Crippen LogP contribution >= 0.6 is 11.3 Å². The van der Waals surface area contributed by atoms with Crippen molar-refractivity contribution in [3.05, 3.63) is 73.4 Å². The zero-order valence-electron chi connectivity index (χ0n) is 11.8. The van der Waals surface area contributed by atoms with Crippen molar-refractivity contribution in [1.29, 1.82) is 0 Å². The van der Waals surface area contributed by atoms with Gasteiger partial charge in [-0.1, -0.05) is 30.3 Å². The van der Waals surface area contributed by atoms with Crippen LogP contribution in [-0.2, 0) is 13.2 Å². The number of carbonyl (C=O) groups is 1. The number of nitrogens with zero attached hydrogens (tertiary/aromatic N) is 2. The van der Waals surface area contributed by atoms with E-state index in [4.69, 9.17) is 5.11 Å². The van der Waals surface area contributed by atoms with Gasteiger partial charge in [-0.25, -0.2) is 9.59 Å². The molecule has 3 rings (SSSR count). The minimum absolute atomic E-state index is 0.0121. The van der Waals surface area contributed by atoms with Gasteiger partial charge in [0.15, 0.2) is 0 Å². The Hall–Kier alpha value is -2.71. The number of fused-ring (bicyclic) bond motifs is 1. The molecular formula is C15H12N2O5S. The minimum atomic E-state index is -1.19. The zero-order chi connectivity index (χ0) is 16.6. The Bertz CT molecular complexity index is 1000. The highest BCUT2D eigenvalue weighted by Gasteiger charge is 2.18. The number of rotatable bonds is 4. The van der Waals surface area contributed by atoms with Gasteiger partial charge >= 0.3 is 11.7 Å². The number of hydrogen-bond donors (Lipinski definition) is 2. The van der Waals surface area contributed by atoms with E-state index >= 15 is 0 Å². The van der Waals surface area contributed by atoms with Gasteiger partial charge in [0, 0.05) is 6.20 Å². The molecule has 8 heteroatoms. The lowest BCUT2D eigenvalue weighted by molar-refractivity contribution is 0.0701. The van der Waals surface area contributed by atoms with Gasteiger partial charge in [0.1, 0.15) is 9.71 Å². The van der Waals surface area contributed by atoms with Crippen molar-refractivity contribution in [2.24, 2.45) is 0 Å². The second kappa shape index (κ2) is 5.82. The Labute approximate surface area is 133 Å². The summed E-state index contributed by atoms with van der Waals surface area (Å²) in [6, 6.07) is 8.94. The first-order valence-corrected chi connectivity index (χ1v) is 7.50. The van der Waals surface area contributed by atoms with Crippen molar-refractivity contribution in [2.75, 3.05) is 0 Å². The van der Waals surface area contributed by atoms with E-state index in [9.17, 15) is 19.5 Å². The molecule has 0 atom stereocenters. The van der Waals surface area contributed by atoms with Crippen LogP contribution in [0.2, 0.25) is 0 Å². The zero-order valence-corrected chi connectivity index (χ0v) is 12.6. The fourth-order valence-electron chi connectivity index (χ4n) is 2.32. The van der Waals surface area contributed by atoms with Crippen LogP contribution < -0.4 is 11.2 Å². The Balaban J connectivity index is 2.28. The number of hydrogen-bond acceptors (Lipinski definition) is 5. The van der Waals surface area contributed by atoms with Crippen molar-refractivity contribution >= 4 is 22.1 Å². The molecule has 0 saturated heterocycles. The number of aliphatic hydroxyl groups excluding tert-OH is 1. The Kier molecular flexibility index (Phi) is 3.85. The summed E-state index contributed by atoms with van der Waals surface area (Å²) >= 11 is 0.790. The van der Waals surface area contributed by atoms with Gasteiger partial charge in [0.2, 0.25) is 0 Å². The van der Waals surface area contributed by atoms with Crippen molar-refractivity contribution in [1.82, 2.24) is 8.97 Å². The molecule has 0 aliphatic heterocycles. The summed E-state index contributed by atoms with van der Waals surface area (Å²) in [5.41, 5.74) is -0.475. The van der Waals surface area contributed by atoms with Crippen LogP contribution in [0, 0.1) is 0 Å². The largest absolute Gasteiger partial charge is 0.477 e. The third kappa shape index (κ3) is 2.58. The fraction of sp³-hybridized carbons (Fsp3) is 0.133.